The van der Waals surface area contributed by atoms with Crippen molar-refractivity contribution >= 4 is 23.0 Å². The van der Waals surface area contributed by atoms with Gasteiger partial charge in [-0.25, -0.2) is 0 Å². The van der Waals surface area contributed by atoms with Crippen molar-refractivity contribution in [1.82, 2.24) is 0 Å². The number of rotatable bonds is 2. The van der Waals surface area contributed by atoms with Crippen molar-refractivity contribution in [3.63, 3.8) is 0 Å². The number of amides is 1. The lowest BCUT2D eigenvalue weighted by Crippen LogP contribution is -2.25. The molecule has 1 N–H and O–H groups in total. The number of methoxy groups -OCH3 is 1. The van der Waals surface area contributed by atoms with Crippen molar-refractivity contribution in [3.8, 4) is 5.75 Å². The minimum Gasteiger partial charge on any atom is -0.497 e. The fraction of sp³-hybridized carbons (Fsp3) is 0.235. The van der Waals surface area contributed by atoms with Crippen LogP contribution in [0.4, 0.5) is 17.1 Å². The van der Waals surface area contributed by atoms with E-state index in [2.05, 4.69) is 22.3 Å². The highest BCUT2D eigenvalue weighted by molar-refractivity contribution is 5.96. The molecular formula is C17H18N2O2. The Morgan fingerprint density at radius 2 is 1.95 bits per heavy atom. The maximum Gasteiger partial charge on any atom is 0.224 e. The molecule has 0 unspecified atom stereocenters. The second-order valence-corrected chi connectivity index (χ2v) is 5.02. The smallest absolute Gasteiger partial charge is 0.224 e. The first-order valence-electron chi connectivity index (χ1n) is 7.08. The van der Waals surface area contributed by atoms with Crippen LogP contribution in [-0.2, 0) is 4.79 Å². The van der Waals surface area contributed by atoms with Crippen molar-refractivity contribution in [3.05, 3.63) is 48.5 Å². The Morgan fingerprint density at radius 3 is 2.71 bits per heavy atom. The van der Waals surface area contributed by atoms with Crippen molar-refractivity contribution in [2.45, 2.75) is 12.8 Å². The summed E-state index contributed by atoms with van der Waals surface area (Å²) < 4.78 is 5.32. The van der Waals surface area contributed by atoms with E-state index in [1.807, 2.05) is 36.4 Å². The monoisotopic (exact) mass is 282 g/mol. The number of nitrogens with one attached hydrogen (secondary N) is 1. The average Bonchev–Trinajstić information content (AvgIpc) is 2.51. The third-order valence-corrected chi connectivity index (χ3v) is 3.62. The number of hydrogen-bond donors (Lipinski definition) is 1. The van der Waals surface area contributed by atoms with Gasteiger partial charge in [-0.3, -0.25) is 4.79 Å². The summed E-state index contributed by atoms with van der Waals surface area (Å²) in [6, 6.07) is 15.9. The van der Waals surface area contributed by atoms with Crippen LogP contribution in [0.2, 0.25) is 0 Å². The van der Waals surface area contributed by atoms with Crippen molar-refractivity contribution < 1.29 is 9.53 Å². The number of ether oxygens (including phenoxy) is 1. The maximum atomic E-state index is 11.8. The van der Waals surface area contributed by atoms with E-state index in [0.29, 0.717) is 6.42 Å². The molecule has 2 aromatic carbocycles. The summed E-state index contributed by atoms with van der Waals surface area (Å²) in [6.07, 6.45) is 1.35. The van der Waals surface area contributed by atoms with Gasteiger partial charge in [0.25, 0.3) is 0 Å². The van der Waals surface area contributed by atoms with Gasteiger partial charge < -0.3 is 15.0 Å². The molecule has 1 aliphatic heterocycles. The van der Waals surface area contributed by atoms with Crippen molar-refractivity contribution in [2.24, 2.45) is 0 Å². The fourth-order valence-electron chi connectivity index (χ4n) is 2.57. The first kappa shape index (κ1) is 13.5. The third kappa shape index (κ3) is 2.84. The van der Waals surface area contributed by atoms with E-state index in [9.17, 15) is 4.79 Å². The van der Waals surface area contributed by atoms with E-state index < -0.39 is 0 Å². The summed E-state index contributed by atoms with van der Waals surface area (Å²) in [5.74, 6) is 0.846. The summed E-state index contributed by atoms with van der Waals surface area (Å²) in [4.78, 5) is 14.1. The zero-order chi connectivity index (χ0) is 14.7. The van der Waals surface area contributed by atoms with Gasteiger partial charge in [-0.2, -0.15) is 0 Å². The number of benzene rings is 2. The Kier molecular flexibility index (Phi) is 3.77. The quantitative estimate of drug-likeness (QED) is 0.915. The number of para-hydroxylation sites is 1. The lowest BCUT2D eigenvalue weighted by atomic mass is 10.1. The number of carbonyl (C=O) groups is 1. The number of carbonyl (C=O) groups excluding carboxylic acids is 1. The molecular weight excluding hydrogens is 264 g/mol. The number of anilines is 3. The fourth-order valence-corrected chi connectivity index (χ4v) is 2.57. The molecule has 0 bridgehead atoms. The van der Waals surface area contributed by atoms with Gasteiger partial charge in [-0.15, -0.1) is 0 Å². The second-order valence-electron chi connectivity index (χ2n) is 5.02. The summed E-state index contributed by atoms with van der Waals surface area (Å²) in [5, 5.41) is 2.98. The zero-order valence-corrected chi connectivity index (χ0v) is 12.0. The molecule has 1 heterocycles. The molecule has 0 saturated carbocycles. The van der Waals surface area contributed by atoms with Gasteiger partial charge in [0.2, 0.25) is 5.91 Å². The minimum absolute atomic E-state index is 0.0640. The first-order chi connectivity index (χ1) is 10.3. The molecule has 1 aliphatic rings. The van der Waals surface area contributed by atoms with E-state index in [-0.39, 0.29) is 5.91 Å². The molecule has 0 saturated heterocycles. The first-order valence-corrected chi connectivity index (χ1v) is 7.08. The van der Waals surface area contributed by atoms with Gasteiger partial charge >= 0.3 is 0 Å². The molecule has 0 aromatic heterocycles. The summed E-state index contributed by atoms with van der Waals surface area (Å²) in [6.45, 7) is 0.803. The van der Waals surface area contributed by atoms with Crippen LogP contribution >= 0.6 is 0 Å². The van der Waals surface area contributed by atoms with Crippen LogP contribution in [0.3, 0.4) is 0 Å². The molecule has 0 aliphatic carbocycles. The molecule has 0 fully saturated rings. The topological polar surface area (TPSA) is 41.6 Å². The second kappa shape index (κ2) is 5.87. The number of hydrogen-bond acceptors (Lipinski definition) is 3. The van der Waals surface area contributed by atoms with Crippen LogP contribution in [-0.4, -0.2) is 19.6 Å². The van der Waals surface area contributed by atoms with E-state index in [1.165, 1.54) is 0 Å². The van der Waals surface area contributed by atoms with E-state index in [4.69, 9.17) is 4.74 Å². The van der Waals surface area contributed by atoms with E-state index in [1.54, 1.807) is 7.11 Å². The Balaban J connectivity index is 2.09. The van der Waals surface area contributed by atoms with Gasteiger partial charge in [0.1, 0.15) is 5.75 Å². The van der Waals surface area contributed by atoms with Crippen molar-refractivity contribution in [1.29, 1.82) is 0 Å². The third-order valence-electron chi connectivity index (χ3n) is 3.62. The molecule has 0 spiro atoms. The Bertz CT molecular complexity index is 640. The van der Waals surface area contributed by atoms with Gasteiger partial charge in [0.05, 0.1) is 18.5 Å². The highest BCUT2D eigenvalue weighted by atomic mass is 16.5. The van der Waals surface area contributed by atoms with Gasteiger partial charge in [-0.05, 0) is 30.7 Å². The highest BCUT2D eigenvalue weighted by Crippen LogP contribution is 2.36. The Hall–Kier alpha value is -2.49. The predicted octanol–water partition coefficient (Wildman–Crippen LogP) is 3.57. The molecule has 1 amide bonds. The van der Waals surface area contributed by atoms with E-state index in [0.717, 1.165) is 35.8 Å². The normalized spacial score (nSPS) is 14.7. The van der Waals surface area contributed by atoms with Crippen LogP contribution in [0.25, 0.3) is 0 Å². The van der Waals surface area contributed by atoms with Crippen LogP contribution in [0.15, 0.2) is 48.5 Å². The van der Waals surface area contributed by atoms with Gasteiger partial charge in [0, 0.05) is 24.7 Å². The standard InChI is InChI=1S/C17H18N2O2/c1-21-14-9-10-15-16(12-14)19(11-5-8-17(20)18-15)13-6-3-2-4-7-13/h2-4,6-7,9-10,12H,5,8,11H2,1H3,(H,18,20). The van der Waals surface area contributed by atoms with Crippen LogP contribution < -0.4 is 15.0 Å². The summed E-state index contributed by atoms with van der Waals surface area (Å²) >= 11 is 0. The zero-order valence-electron chi connectivity index (χ0n) is 12.0. The maximum absolute atomic E-state index is 11.8. The number of nitrogens with zero attached hydrogens (tertiary/aromatic N) is 1. The molecule has 3 rings (SSSR count). The van der Waals surface area contributed by atoms with Crippen molar-refractivity contribution in [2.75, 3.05) is 23.9 Å². The predicted molar refractivity (Wildman–Crippen MR) is 84.3 cm³/mol. The molecule has 4 heteroatoms. The molecule has 0 radical (unpaired) electrons. The molecule has 108 valence electrons. The average molecular weight is 282 g/mol. The Labute approximate surface area is 124 Å². The van der Waals surface area contributed by atoms with Crippen LogP contribution in [0.1, 0.15) is 12.8 Å². The van der Waals surface area contributed by atoms with E-state index >= 15 is 0 Å². The molecule has 2 aromatic rings. The van der Waals surface area contributed by atoms with Gasteiger partial charge in [-0.1, -0.05) is 18.2 Å². The lowest BCUT2D eigenvalue weighted by molar-refractivity contribution is -0.116. The minimum atomic E-state index is 0.0640. The van der Waals surface area contributed by atoms with Crippen LogP contribution in [0, 0.1) is 0 Å². The largest absolute Gasteiger partial charge is 0.497 e. The van der Waals surface area contributed by atoms with Crippen LogP contribution in [0.5, 0.6) is 5.75 Å². The number of fused-ring (bicyclic) bond motifs is 1. The lowest BCUT2D eigenvalue weighted by Gasteiger charge is -2.29. The SMILES string of the molecule is COc1ccc2c(c1)N(c1ccccc1)CCCC(=O)N2. The summed E-state index contributed by atoms with van der Waals surface area (Å²) in [7, 11) is 1.65. The Morgan fingerprint density at radius 1 is 1.14 bits per heavy atom. The molecule has 0 atom stereocenters. The molecule has 21 heavy (non-hydrogen) atoms. The highest BCUT2D eigenvalue weighted by Gasteiger charge is 2.19. The summed E-state index contributed by atoms with van der Waals surface area (Å²) in [5.41, 5.74) is 2.90. The van der Waals surface area contributed by atoms with Gasteiger partial charge in [0.15, 0.2) is 0 Å². The molecule has 4 nitrogen and oxygen atoms in total.